The van der Waals surface area contributed by atoms with Crippen LogP contribution in [-0.2, 0) is 11.8 Å². The van der Waals surface area contributed by atoms with Gasteiger partial charge >= 0.3 is 0 Å². The normalized spacial score (nSPS) is 11.6. The summed E-state index contributed by atoms with van der Waals surface area (Å²) in [5.74, 6) is 0. The Bertz CT molecular complexity index is 518. The highest BCUT2D eigenvalue weighted by atomic mass is 14.7. The number of rotatable bonds is 2. The molecule has 0 amide bonds. The smallest absolute Gasteiger partial charge is 0.0407 e. The van der Waals surface area contributed by atoms with Gasteiger partial charge in [-0.05, 0) is 40.7 Å². The monoisotopic (exact) mass is 239 g/mol. The van der Waals surface area contributed by atoms with Gasteiger partial charge in [-0.15, -0.1) is 0 Å². The van der Waals surface area contributed by atoms with Crippen molar-refractivity contribution in [2.75, 3.05) is 0 Å². The Morgan fingerprint density at radius 1 is 0.944 bits per heavy atom. The van der Waals surface area contributed by atoms with Crippen molar-refractivity contribution >= 4 is 0 Å². The number of pyridine rings is 1. The van der Waals surface area contributed by atoms with Crippen LogP contribution in [0.25, 0.3) is 11.1 Å². The van der Waals surface area contributed by atoms with Crippen LogP contribution in [0.3, 0.4) is 0 Å². The van der Waals surface area contributed by atoms with E-state index in [1.807, 2.05) is 6.20 Å². The Morgan fingerprint density at radius 2 is 1.61 bits per heavy atom. The number of hydrogen-bond donors (Lipinski definition) is 0. The average Bonchev–Trinajstić information content (AvgIpc) is 2.38. The van der Waals surface area contributed by atoms with Crippen LogP contribution >= 0.6 is 0 Å². The highest BCUT2D eigenvalue weighted by molar-refractivity contribution is 5.63. The van der Waals surface area contributed by atoms with Gasteiger partial charge in [0.05, 0.1) is 0 Å². The molecule has 0 spiro atoms. The van der Waals surface area contributed by atoms with E-state index < -0.39 is 0 Å². The van der Waals surface area contributed by atoms with Gasteiger partial charge in [-0.1, -0.05) is 52.0 Å². The molecule has 0 bridgehead atoms. The van der Waals surface area contributed by atoms with Gasteiger partial charge in [-0.3, -0.25) is 4.98 Å². The predicted octanol–water partition coefficient (Wildman–Crippen LogP) is 4.61. The first-order valence-corrected chi connectivity index (χ1v) is 6.56. The first-order valence-electron chi connectivity index (χ1n) is 6.56. The summed E-state index contributed by atoms with van der Waals surface area (Å²) < 4.78 is 0. The van der Waals surface area contributed by atoms with Gasteiger partial charge in [0, 0.05) is 11.9 Å². The van der Waals surface area contributed by atoms with Crippen molar-refractivity contribution in [3.8, 4) is 11.1 Å². The summed E-state index contributed by atoms with van der Waals surface area (Å²) in [5, 5.41) is 0. The largest absolute Gasteiger partial charge is 0.261 e. The van der Waals surface area contributed by atoms with Gasteiger partial charge in [-0.25, -0.2) is 0 Å². The summed E-state index contributed by atoms with van der Waals surface area (Å²) in [7, 11) is 0. The number of benzene rings is 1. The molecular weight excluding hydrogens is 218 g/mol. The highest BCUT2D eigenvalue weighted by Crippen LogP contribution is 2.26. The van der Waals surface area contributed by atoms with E-state index in [-0.39, 0.29) is 5.41 Å². The van der Waals surface area contributed by atoms with Crippen molar-refractivity contribution < 1.29 is 0 Å². The zero-order chi connectivity index (χ0) is 13.2. The molecular formula is C17H21N. The van der Waals surface area contributed by atoms with Crippen LogP contribution in [0, 0.1) is 0 Å². The molecule has 0 atom stereocenters. The number of aromatic nitrogens is 1. The summed E-state index contributed by atoms with van der Waals surface area (Å²) in [6.07, 6.45) is 2.87. The summed E-state index contributed by atoms with van der Waals surface area (Å²) in [6.45, 7) is 8.85. The lowest BCUT2D eigenvalue weighted by atomic mass is 9.86. The molecule has 1 aromatic carbocycles. The molecule has 2 rings (SSSR count). The third kappa shape index (κ3) is 2.79. The van der Waals surface area contributed by atoms with Gasteiger partial charge in [-0.2, -0.15) is 0 Å². The van der Waals surface area contributed by atoms with Crippen molar-refractivity contribution in [3.05, 3.63) is 53.9 Å². The number of hydrogen-bond acceptors (Lipinski definition) is 1. The molecule has 1 heterocycles. The van der Waals surface area contributed by atoms with E-state index in [1.165, 1.54) is 16.7 Å². The van der Waals surface area contributed by atoms with E-state index in [4.69, 9.17) is 0 Å². The van der Waals surface area contributed by atoms with Crippen LogP contribution in [0.5, 0.6) is 0 Å². The molecule has 0 unspecified atom stereocenters. The van der Waals surface area contributed by atoms with E-state index in [0.717, 1.165) is 12.1 Å². The second-order valence-corrected chi connectivity index (χ2v) is 5.72. The van der Waals surface area contributed by atoms with Crippen LogP contribution in [0.15, 0.2) is 42.6 Å². The Morgan fingerprint density at radius 3 is 2.17 bits per heavy atom. The van der Waals surface area contributed by atoms with Crippen molar-refractivity contribution in [2.24, 2.45) is 0 Å². The molecule has 0 aliphatic carbocycles. The maximum absolute atomic E-state index is 4.34. The Hall–Kier alpha value is -1.63. The Labute approximate surface area is 110 Å². The van der Waals surface area contributed by atoms with Crippen molar-refractivity contribution in [1.29, 1.82) is 0 Å². The van der Waals surface area contributed by atoms with E-state index in [1.54, 1.807) is 0 Å². The summed E-state index contributed by atoms with van der Waals surface area (Å²) in [5.41, 5.74) is 5.25. The van der Waals surface area contributed by atoms with Gasteiger partial charge in [0.15, 0.2) is 0 Å². The molecule has 2 aromatic rings. The molecule has 18 heavy (non-hydrogen) atoms. The zero-order valence-electron chi connectivity index (χ0n) is 11.7. The fraction of sp³-hybridized carbons (Fsp3) is 0.353. The van der Waals surface area contributed by atoms with Crippen LogP contribution in [-0.4, -0.2) is 4.98 Å². The predicted molar refractivity (Wildman–Crippen MR) is 77.8 cm³/mol. The van der Waals surface area contributed by atoms with E-state index in [0.29, 0.717) is 0 Å². The first kappa shape index (κ1) is 12.8. The maximum Gasteiger partial charge on any atom is 0.0407 e. The third-order valence-corrected chi connectivity index (χ3v) is 3.26. The summed E-state index contributed by atoms with van der Waals surface area (Å²) >= 11 is 0. The van der Waals surface area contributed by atoms with Crippen LogP contribution < -0.4 is 0 Å². The standard InChI is InChI=1S/C17H21N/c1-5-16-12-14(10-11-18-16)13-6-8-15(9-7-13)17(2,3)4/h6-12H,5H2,1-4H3. The molecule has 0 radical (unpaired) electrons. The lowest BCUT2D eigenvalue weighted by Crippen LogP contribution is -2.10. The van der Waals surface area contributed by atoms with Crippen LogP contribution in [0.2, 0.25) is 0 Å². The van der Waals surface area contributed by atoms with E-state index >= 15 is 0 Å². The third-order valence-electron chi connectivity index (χ3n) is 3.26. The first-order chi connectivity index (χ1) is 8.50. The molecule has 1 heteroatoms. The average molecular weight is 239 g/mol. The molecule has 0 aliphatic heterocycles. The van der Waals surface area contributed by atoms with Crippen molar-refractivity contribution in [1.82, 2.24) is 4.98 Å². The molecule has 1 aromatic heterocycles. The highest BCUT2D eigenvalue weighted by Gasteiger charge is 2.12. The van der Waals surface area contributed by atoms with Crippen molar-refractivity contribution in [2.45, 2.75) is 39.5 Å². The minimum absolute atomic E-state index is 0.214. The van der Waals surface area contributed by atoms with Gasteiger partial charge in [0.2, 0.25) is 0 Å². The molecule has 0 saturated carbocycles. The maximum atomic E-state index is 4.34. The minimum atomic E-state index is 0.214. The number of nitrogens with zero attached hydrogens (tertiary/aromatic N) is 1. The van der Waals surface area contributed by atoms with Crippen LogP contribution in [0.4, 0.5) is 0 Å². The minimum Gasteiger partial charge on any atom is -0.261 e. The topological polar surface area (TPSA) is 12.9 Å². The molecule has 94 valence electrons. The lowest BCUT2D eigenvalue weighted by Gasteiger charge is -2.19. The SMILES string of the molecule is CCc1cc(-c2ccc(C(C)(C)C)cc2)ccn1. The van der Waals surface area contributed by atoms with E-state index in [9.17, 15) is 0 Å². The number of aryl methyl sites for hydroxylation is 1. The Balaban J connectivity index is 2.34. The summed E-state index contributed by atoms with van der Waals surface area (Å²) in [6, 6.07) is 13.1. The van der Waals surface area contributed by atoms with Gasteiger partial charge < -0.3 is 0 Å². The molecule has 0 N–H and O–H groups in total. The van der Waals surface area contributed by atoms with E-state index in [2.05, 4.69) is 69.1 Å². The molecule has 0 fully saturated rings. The molecule has 0 aliphatic rings. The Kier molecular flexibility index (Phi) is 3.51. The second kappa shape index (κ2) is 4.93. The molecule has 0 saturated heterocycles. The lowest BCUT2D eigenvalue weighted by molar-refractivity contribution is 0.590. The van der Waals surface area contributed by atoms with Gasteiger partial charge in [0.1, 0.15) is 0 Å². The van der Waals surface area contributed by atoms with Crippen molar-refractivity contribution in [3.63, 3.8) is 0 Å². The summed E-state index contributed by atoms with van der Waals surface area (Å²) in [4.78, 5) is 4.34. The fourth-order valence-electron chi connectivity index (χ4n) is 2.01. The van der Waals surface area contributed by atoms with Crippen LogP contribution in [0.1, 0.15) is 39.0 Å². The second-order valence-electron chi connectivity index (χ2n) is 5.72. The zero-order valence-corrected chi connectivity index (χ0v) is 11.7. The van der Waals surface area contributed by atoms with Gasteiger partial charge in [0.25, 0.3) is 0 Å². The quantitative estimate of drug-likeness (QED) is 0.746. The molecule has 1 nitrogen and oxygen atoms in total. The fourth-order valence-corrected chi connectivity index (χ4v) is 2.01.